The minimum Gasteiger partial charge on any atom is -0.325 e. The second-order valence-electron chi connectivity index (χ2n) is 4.91. The number of aromatic nitrogens is 5. The normalized spacial score (nSPS) is 11.1. The number of nitrogens with two attached hydrogens (primary N) is 1. The molecule has 2 N–H and O–H groups in total. The van der Waals surface area contributed by atoms with Gasteiger partial charge >= 0.3 is 0 Å². The van der Waals surface area contributed by atoms with Crippen LogP contribution < -0.4 is 5.73 Å². The molecule has 3 rings (SSSR count). The smallest absolute Gasteiger partial charge is 0.160 e. The Bertz CT molecular complexity index is 788. The van der Waals surface area contributed by atoms with Crippen LogP contribution in [0.25, 0.3) is 10.9 Å². The van der Waals surface area contributed by atoms with Crippen LogP contribution >= 0.6 is 0 Å². The van der Waals surface area contributed by atoms with Gasteiger partial charge in [-0.05, 0) is 6.07 Å². The van der Waals surface area contributed by atoms with Gasteiger partial charge in [-0.2, -0.15) is 5.10 Å². The van der Waals surface area contributed by atoms with Crippen molar-refractivity contribution in [3.05, 3.63) is 41.9 Å². The fourth-order valence-corrected chi connectivity index (χ4v) is 2.35. The first-order valence-electron chi connectivity index (χ1n) is 6.69. The van der Waals surface area contributed by atoms with Crippen molar-refractivity contribution in [1.29, 1.82) is 0 Å². The van der Waals surface area contributed by atoms with E-state index in [0.29, 0.717) is 12.2 Å². The minimum absolute atomic E-state index is 0.0346. The fraction of sp³-hybridized carbons (Fsp3) is 0.286. The molecule has 1 aromatic carbocycles. The number of Topliss-reactive ketones (excluding diaryl/α,β-unsaturated/α-hetero) is 1. The molecule has 0 aliphatic heterocycles. The van der Waals surface area contributed by atoms with Crippen LogP contribution in [0, 0.1) is 0 Å². The zero-order chi connectivity index (χ0) is 14.8. The Morgan fingerprint density at radius 2 is 2.14 bits per heavy atom. The summed E-state index contributed by atoms with van der Waals surface area (Å²) in [7, 11) is 1.88. The number of carbonyl (C=O) groups is 1. The van der Waals surface area contributed by atoms with Gasteiger partial charge < -0.3 is 5.73 Å². The molecular weight excluding hydrogens is 268 g/mol. The van der Waals surface area contributed by atoms with E-state index < -0.39 is 0 Å². The molecule has 0 radical (unpaired) electrons. The highest BCUT2D eigenvalue weighted by molar-refractivity contribution is 5.88. The van der Waals surface area contributed by atoms with Gasteiger partial charge in [-0.15, -0.1) is 5.10 Å². The van der Waals surface area contributed by atoms with E-state index in [4.69, 9.17) is 5.73 Å². The third-order valence-corrected chi connectivity index (χ3v) is 3.33. The number of hydrogen-bond donors (Lipinski definition) is 1. The van der Waals surface area contributed by atoms with Crippen LogP contribution in [0.3, 0.4) is 0 Å². The minimum atomic E-state index is 0.0346. The van der Waals surface area contributed by atoms with Gasteiger partial charge in [0.1, 0.15) is 6.54 Å². The molecular formula is C14H16N6O. The van der Waals surface area contributed by atoms with Gasteiger partial charge in [0.15, 0.2) is 5.78 Å². The van der Waals surface area contributed by atoms with Crippen LogP contribution in [-0.2, 0) is 31.4 Å². The third kappa shape index (κ3) is 2.68. The van der Waals surface area contributed by atoms with Crippen molar-refractivity contribution >= 4 is 16.7 Å². The number of para-hydroxylation sites is 1. The summed E-state index contributed by atoms with van der Waals surface area (Å²) in [6.45, 7) is 0.497. The van der Waals surface area contributed by atoms with Crippen LogP contribution in [0.1, 0.15) is 11.4 Å². The van der Waals surface area contributed by atoms with E-state index in [2.05, 4.69) is 15.4 Å². The van der Waals surface area contributed by atoms with E-state index in [9.17, 15) is 4.79 Å². The van der Waals surface area contributed by atoms with Crippen LogP contribution in [-0.4, -0.2) is 30.6 Å². The number of benzene rings is 1. The van der Waals surface area contributed by atoms with Crippen LogP contribution in [0.5, 0.6) is 0 Å². The van der Waals surface area contributed by atoms with Crippen molar-refractivity contribution in [3.8, 4) is 0 Å². The Morgan fingerprint density at radius 1 is 1.33 bits per heavy atom. The van der Waals surface area contributed by atoms with Crippen molar-refractivity contribution in [2.45, 2.75) is 19.5 Å². The first-order chi connectivity index (χ1) is 10.2. The Morgan fingerprint density at radius 3 is 2.90 bits per heavy atom. The zero-order valence-electron chi connectivity index (χ0n) is 11.7. The van der Waals surface area contributed by atoms with Gasteiger partial charge in [-0.3, -0.25) is 9.48 Å². The van der Waals surface area contributed by atoms with Crippen molar-refractivity contribution < 1.29 is 4.79 Å². The van der Waals surface area contributed by atoms with Crippen molar-refractivity contribution in [2.75, 3.05) is 0 Å². The summed E-state index contributed by atoms with van der Waals surface area (Å²) in [4.78, 5) is 12.2. The summed E-state index contributed by atoms with van der Waals surface area (Å²) in [6, 6.07) is 7.87. The van der Waals surface area contributed by atoms with E-state index in [0.717, 1.165) is 16.6 Å². The summed E-state index contributed by atoms with van der Waals surface area (Å²) in [5.74, 6) is 0.0346. The number of ketones is 1. The standard InChI is InChI=1S/C14H16N6O/c1-19-14-5-3-2-4-12(14)13(17-19)6-11(21)9-20-8-10(7-15)16-18-20/h2-5,8H,6-7,9,15H2,1H3. The number of fused-ring (bicyclic) bond motifs is 1. The van der Waals surface area contributed by atoms with Crippen molar-refractivity contribution in [3.63, 3.8) is 0 Å². The predicted molar refractivity (Wildman–Crippen MR) is 77.3 cm³/mol. The maximum absolute atomic E-state index is 12.2. The topological polar surface area (TPSA) is 91.6 Å². The van der Waals surface area contributed by atoms with Crippen LogP contribution in [0.4, 0.5) is 0 Å². The van der Waals surface area contributed by atoms with Gasteiger partial charge in [0, 0.05) is 19.0 Å². The molecule has 0 aliphatic rings. The van der Waals surface area contributed by atoms with Crippen LogP contribution in [0.2, 0.25) is 0 Å². The SMILES string of the molecule is Cn1nc(CC(=O)Cn2cc(CN)nn2)c2ccccc21. The first kappa shape index (κ1) is 13.4. The summed E-state index contributed by atoms with van der Waals surface area (Å²) < 4.78 is 3.30. The first-order valence-corrected chi connectivity index (χ1v) is 6.69. The van der Waals surface area contributed by atoms with E-state index in [1.807, 2.05) is 31.3 Å². The third-order valence-electron chi connectivity index (χ3n) is 3.33. The molecule has 0 saturated heterocycles. The molecule has 0 saturated carbocycles. The molecule has 0 aliphatic carbocycles. The quantitative estimate of drug-likeness (QED) is 0.733. The highest BCUT2D eigenvalue weighted by Crippen LogP contribution is 2.18. The molecule has 0 bridgehead atoms. The molecule has 0 atom stereocenters. The Hall–Kier alpha value is -2.54. The van der Waals surface area contributed by atoms with E-state index in [1.54, 1.807) is 10.9 Å². The lowest BCUT2D eigenvalue weighted by Crippen LogP contribution is -2.13. The van der Waals surface area contributed by atoms with E-state index >= 15 is 0 Å². The molecule has 21 heavy (non-hydrogen) atoms. The second kappa shape index (κ2) is 5.45. The summed E-state index contributed by atoms with van der Waals surface area (Å²) in [5, 5.41) is 13.2. The molecule has 0 amide bonds. The lowest BCUT2D eigenvalue weighted by Gasteiger charge is -1.99. The molecule has 3 aromatic rings. The van der Waals surface area contributed by atoms with Gasteiger partial charge in [-0.25, -0.2) is 4.68 Å². The van der Waals surface area contributed by atoms with Crippen LogP contribution in [0.15, 0.2) is 30.5 Å². The van der Waals surface area contributed by atoms with Gasteiger partial charge in [0.2, 0.25) is 0 Å². The Balaban J connectivity index is 1.77. The lowest BCUT2D eigenvalue weighted by molar-refractivity contribution is -0.119. The maximum Gasteiger partial charge on any atom is 0.160 e. The van der Waals surface area contributed by atoms with Gasteiger partial charge in [0.25, 0.3) is 0 Å². The average molecular weight is 284 g/mol. The van der Waals surface area contributed by atoms with Crippen molar-refractivity contribution in [2.24, 2.45) is 12.8 Å². The fourth-order valence-electron chi connectivity index (χ4n) is 2.35. The molecule has 0 spiro atoms. The monoisotopic (exact) mass is 284 g/mol. The number of aryl methyl sites for hydroxylation is 1. The molecule has 2 heterocycles. The van der Waals surface area contributed by atoms with Gasteiger partial charge in [-0.1, -0.05) is 23.4 Å². The van der Waals surface area contributed by atoms with Gasteiger partial charge in [0.05, 0.1) is 29.5 Å². The number of hydrogen-bond acceptors (Lipinski definition) is 5. The Kier molecular flexibility index (Phi) is 3.49. The molecule has 7 heteroatoms. The maximum atomic E-state index is 12.2. The van der Waals surface area contributed by atoms with Crippen molar-refractivity contribution in [1.82, 2.24) is 24.8 Å². The molecule has 0 unspecified atom stereocenters. The number of rotatable bonds is 5. The van der Waals surface area contributed by atoms with E-state index in [1.165, 1.54) is 4.68 Å². The molecule has 108 valence electrons. The number of carbonyl (C=O) groups excluding carboxylic acids is 1. The highest BCUT2D eigenvalue weighted by atomic mass is 16.1. The Labute approximate surface area is 121 Å². The van der Waals surface area contributed by atoms with E-state index in [-0.39, 0.29) is 18.7 Å². The summed E-state index contributed by atoms with van der Waals surface area (Å²) in [5.41, 5.74) is 7.95. The molecule has 2 aromatic heterocycles. The lowest BCUT2D eigenvalue weighted by atomic mass is 10.1. The predicted octanol–water partition coefficient (Wildman–Crippen LogP) is 0.435. The number of nitrogens with zero attached hydrogens (tertiary/aromatic N) is 5. The summed E-state index contributed by atoms with van der Waals surface area (Å²) >= 11 is 0. The molecule has 7 nitrogen and oxygen atoms in total. The largest absolute Gasteiger partial charge is 0.325 e. The highest BCUT2D eigenvalue weighted by Gasteiger charge is 2.13. The summed E-state index contributed by atoms with van der Waals surface area (Å²) in [6.07, 6.45) is 1.97. The second-order valence-corrected chi connectivity index (χ2v) is 4.91. The molecule has 0 fully saturated rings. The zero-order valence-corrected chi connectivity index (χ0v) is 11.7. The average Bonchev–Trinajstić information content (AvgIpc) is 3.05.